The van der Waals surface area contributed by atoms with Gasteiger partial charge in [0.05, 0.1) is 22.4 Å². The summed E-state index contributed by atoms with van der Waals surface area (Å²) in [5, 5.41) is 7.17. The van der Waals surface area contributed by atoms with Crippen molar-refractivity contribution in [1.82, 2.24) is 19.5 Å². The topological polar surface area (TPSA) is 46.8 Å². The van der Waals surface area contributed by atoms with Gasteiger partial charge >= 0.3 is 0 Å². The van der Waals surface area contributed by atoms with Crippen LogP contribution in [-0.2, 0) is 0 Å². The fourth-order valence-corrected chi connectivity index (χ4v) is 9.00. The molecule has 0 saturated carbocycles. The molecule has 0 fully saturated rings. The average molecular weight is 740 g/mol. The first-order valence-electron chi connectivity index (χ1n) is 19.6. The Morgan fingerprint density at radius 3 is 1.74 bits per heavy atom. The zero-order valence-electron chi connectivity index (χ0n) is 31.3. The van der Waals surface area contributed by atoms with Gasteiger partial charge < -0.3 is 9.47 Å². The van der Waals surface area contributed by atoms with Crippen LogP contribution in [0.2, 0.25) is 0 Å². The molecular weight excluding hydrogens is 707 g/mol. The Bertz CT molecular complexity index is 3380. The van der Waals surface area contributed by atoms with E-state index in [2.05, 4.69) is 191 Å². The largest absolute Gasteiger partial charge is 0.309 e. The summed E-state index contributed by atoms with van der Waals surface area (Å²) in [6.07, 6.45) is 0. The van der Waals surface area contributed by atoms with Gasteiger partial charge in [-0.25, -0.2) is 15.0 Å². The van der Waals surface area contributed by atoms with E-state index in [0.717, 1.165) is 49.9 Å². The standard InChI is InChI=1S/C53H33N5/c1-3-15-36(16-4-1)51-54-52(56-53(55-51)44-24-13-27-47-49(44)43-22-9-10-25-45(43)57(47)38-19-5-2-6-20-38)37-28-31-39(32-29-37)58-46-26-12-18-35-17-11-23-41(48(35)46)42-33-30-34-14-7-8-21-40(34)50(42)58/h1-33H. The molecule has 0 bridgehead atoms. The van der Waals surface area contributed by atoms with E-state index in [1.54, 1.807) is 0 Å². The van der Waals surface area contributed by atoms with Gasteiger partial charge in [-0.1, -0.05) is 146 Å². The molecule has 0 aliphatic carbocycles. The van der Waals surface area contributed by atoms with Crippen molar-refractivity contribution in [3.05, 3.63) is 200 Å². The summed E-state index contributed by atoms with van der Waals surface area (Å²) < 4.78 is 2.33. The highest BCUT2D eigenvalue weighted by molar-refractivity contribution is 6.19. The number of para-hydroxylation sites is 2. The molecule has 0 atom stereocenters. The minimum absolute atomic E-state index is 0.621. The van der Waals surface area contributed by atoms with Crippen molar-refractivity contribution < 1.29 is 0 Å². The Kier molecular flexibility index (Phi) is 7.16. The van der Waals surface area contributed by atoms with Crippen molar-refractivity contribution in [2.24, 2.45) is 0 Å². The van der Waals surface area contributed by atoms with E-state index in [4.69, 9.17) is 15.0 Å². The maximum absolute atomic E-state index is 5.27. The number of hydrogen-bond donors (Lipinski definition) is 0. The summed E-state index contributed by atoms with van der Waals surface area (Å²) in [7, 11) is 0. The average Bonchev–Trinajstić information content (AvgIpc) is 3.64. The Balaban J connectivity index is 1.05. The van der Waals surface area contributed by atoms with Gasteiger partial charge in [0.1, 0.15) is 0 Å². The molecule has 0 spiro atoms. The van der Waals surface area contributed by atoms with Crippen LogP contribution in [0.15, 0.2) is 200 Å². The molecule has 5 nitrogen and oxygen atoms in total. The van der Waals surface area contributed by atoms with Crippen LogP contribution in [0.1, 0.15) is 0 Å². The van der Waals surface area contributed by atoms with E-state index in [9.17, 15) is 0 Å². The fourth-order valence-electron chi connectivity index (χ4n) is 9.00. The van der Waals surface area contributed by atoms with Gasteiger partial charge in [-0.15, -0.1) is 0 Å². The van der Waals surface area contributed by atoms with Crippen LogP contribution in [0, 0.1) is 0 Å². The molecule has 11 aromatic rings. The second kappa shape index (κ2) is 12.8. The van der Waals surface area contributed by atoms with E-state index >= 15 is 0 Å². The summed E-state index contributed by atoms with van der Waals surface area (Å²) in [5.74, 6) is 1.89. The number of benzene rings is 9. The van der Waals surface area contributed by atoms with Crippen LogP contribution in [0.25, 0.3) is 94.3 Å². The SMILES string of the molecule is c1ccc(-c2nc(-c3ccc(N4c5c(ccc6ccccc56)-c5cccc6cccc4c56)cc3)nc(-c3cccc4c3c3ccccc3n4-c3ccccc3)n2)cc1. The third kappa shape index (κ3) is 4.93. The quantitative estimate of drug-likeness (QED) is 0.176. The van der Waals surface area contributed by atoms with Gasteiger partial charge in [-0.05, 0) is 70.9 Å². The van der Waals surface area contributed by atoms with Gasteiger partial charge in [0.15, 0.2) is 17.5 Å². The van der Waals surface area contributed by atoms with Crippen molar-refractivity contribution >= 4 is 60.4 Å². The van der Waals surface area contributed by atoms with Gasteiger partial charge in [0, 0.05) is 55.2 Å². The highest BCUT2D eigenvalue weighted by Crippen LogP contribution is 2.53. The number of anilines is 3. The lowest BCUT2D eigenvalue weighted by atomic mass is 9.88. The third-order valence-corrected chi connectivity index (χ3v) is 11.5. The van der Waals surface area contributed by atoms with Crippen LogP contribution < -0.4 is 4.90 Å². The maximum Gasteiger partial charge on any atom is 0.164 e. The van der Waals surface area contributed by atoms with E-state index in [1.807, 2.05) is 18.2 Å². The summed E-state index contributed by atoms with van der Waals surface area (Å²) in [5.41, 5.74) is 12.1. The Hall–Kier alpha value is -7.89. The zero-order valence-corrected chi connectivity index (χ0v) is 31.3. The van der Waals surface area contributed by atoms with E-state index < -0.39 is 0 Å². The molecule has 3 heterocycles. The number of aromatic nitrogens is 4. The number of fused-ring (bicyclic) bond motifs is 7. The zero-order chi connectivity index (χ0) is 38.2. The highest BCUT2D eigenvalue weighted by atomic mass is 15.2. The predicted molar refractivity (Wildman–Crippen MR) is 239 cm³/mol. The smallest absolute Gasteiger partial charge is 0.164 e. The second-order valence-corrected chi connectivity index (χ2v) is 14.8. The molecule has 5 heteroatoms. The van der Waals surface area contributed by atoms with Crippen LogP contribution in [0.4, 0.5) is 17.1 Å². The molecule has 270 valence electrons. The van der Waals surface area contributed by atoms with Crippen LogP contribution >= 0.6 is 0 Å². The predicted octanol–water partition coefficient (Wildman–Crippen LogP) is 13.7. The number of nitrogens with zero attached hydrogens (tertiary/aromatic N) is 5. The summed E-state index contributed by atoms with van der Waals surface area (Å²) in [4.78, 5) is 18.0. The molecule has 0 saturated heterocycles. The lowest BCUT2D eigenvalue weighted by Crippen LogP contribution is -2.15. The molecule has 0 amide bonds. The van der Waals surface area contributed by atoms with Crippen LogP contribution in [0.5, 0.6) is 0 Å². The van der Waals surface area contributed by atoms with Gasteiger partial charge in [0.2, 0.25) is 0 Å². The Morgan fingerprint density at radius 2 is 0.931 bits per heavy atom. The maximum atomic E-state index is 5.27. The molecule has 1 aliphatic rings. The van der Waals surface area contributed by atoms with Crippen molar-refractivity contribution in [3.63, 3.8) is 0 Å². The van der Waals surface area contributed by atoms with E-state index in [-0.39, 0.29) is 0 Å². The second-order valence-electron chi connectivity index (χ2n) is 14.8. The van der Waals surface area contributed by atoms with E-state index in [0.29, 0.717) is 17.5 Å². The van der Waals surface area contributed by atoms with Crippen molar-refractivity contribution in [2.75, 3.05) is 4.90 Å². The molecular formula is C53H33N5. The van der Waals surface area contributed by atoms with Gasteiger partial charge in [-0.3, -0.25) is 0 Å². The summed E-state index contributed by atoms with van der Waals surface area (Å²) in [6.45, 7) is 0. The monoisotopic (exact) mass is 739 g/mol. The molecule has 9 aromatic carbocycles. The molecule has 0 unspecified atom stereocenters. The Morgan fingerprint density at radius 1 is 0.328 bits per heavy atom. The normalized spacial score (nSPS) is 12.1. The van der Waals surface area contributed by atoms with Crippen LogP contribution in [0.3, 0.4) is 0 Å². The first kappa shape index (κ1) is 32.4. The number of rotatable bonds is 5. The van der Waals surface area contributed by atoms with Crippen molar-refractivity contribution in [1.29, 1.82) is 0 Å². The lowest BCUT2D eigenvalue weighted by Gasteiger charge is -2.34. The highest BCUT2D eigenvalue weighted by Gasteiger charge is 2.28. The lowest BCUT2D eigenvalue weighted by molar-refractivity contribution is 1.08. The fraction of sp³-hybridized carbons (Fsp3) is 0. The van der Waals surface area contributed by atoms with E-state index in [1.165, 1.54) is 44.0 Å². The summed E-state index contributed by atoms with van der Waals surface area (Å²) >= 11 is 0. The van der Waals surface area contributed by atoms with Crippen molar-refractivity contribution in [2.45, 2.75) is 0 Å². The van der Waals surface area contributed by atoms with Gasteiger partial charge in [-0.2, -0.15) is 0 Å². The summed E-state index contributed by atoms with van der Waals surface area (Å²) in [6, 6.07) is 70.9. The molecule has 12 rings (SSSR count). The number of hydrogen-bond acceptors (Lipinski definition) is 4. The first-order valence-corrected chi connectivity index (χ1v) is 19.6. The minimum atomic E-state index is 0.621. The van der Waals surface area contributed by atoms with Gasteiger partial charge in [0.25, 0.3) is 0 Å². The molecule has 0 radical (unpaired) electrons. The molecule has 2 aromatic heterocycles. The van der Waals surface area contributed by atoms with Crippen molar-refractivity contribution in [3.8, 4) is 51.0 Å². The Labute approximate surface area is 334 Å². The first-order chi connectivity index (χ1) is 28.8. The minimum Gasteiger partial charge on any atom is -0.309 e. The van der Waals surface area contributed by atoms with Crippen LogP contribution in [-0.4, -0.2) is 19.5 Å². The molecule has 0 N–H and O–H groups in total. The molecule has 58 heavy (non-hydrogen) atoms. The molecule has 1 aliphatic heterocycles. The third-order valence-electron chi connectivity index (χ3n) is 11.5.